The van der Waals surface area contributed by atoms with Gasteiger partial charge in [0.1, 0.15) is 0 Å². The molecule has 2 aromatic heterocycles. The number of benzene rings is 1. The highest BCUT2D eigenvalue weighted by molar-refractivity contribution is 6.06. The second kappa shape index (κ2) is 9.32. The SMILES string of the molecule is CC(C)n1ncc2c(C(=O)NCCCCCC(=O)O)cc(-c3ccccc3)nc21. The summed E-state index contributed by atoms with van der Waals surface area (Å²) in [7, 11) is 0. The largest absolute Gasteiger partial charge is 0.481 e. The summed E-state index contributed by atoms with van der Waals surface area (Å²) < 4.78 is 1.82. The Morgan fingerprint density at radius 3 is 2.59 bits per heavy atom. The zero-order valence-corrected chi connectivity index (χ0v) is 16.8. The Balaban J connectivity index is 1.84. The lowest BCUT2D eigenvalue weighted by Crippen LogP contribution is -2.25. The van der Waals surface area contributed by atoms with E-state index in [1.807, 2.05) is 54.9 Å². The maximum atomic E-state index is 12.9. The second-order valence-corrected chi connectivity index (χ2v) is 7.30. The molecule has 0 aliphatic rings. The lowest BCUT2D eigenvalue weighted by molar-refractivity contribution is -0.137. The fourth-order valence-corrected chi connectivity index (χ4v) is 3.22. The predicted octanol–water partition coefficient (Wildman–Crippen LogP) is 4.05. The number of fused-ring (bicyclic) bond motifs is 1. The Hall–Kier alpha value is -3.22. The standard InChI is InChI=1S/C22H26N4O3/c1-15(2)26-21-18(14-24-26)17(13-19(25-21)16-9-5-3-6-10-16)22(29)23-12-8-4-7-11-20(27)28/h3,5-6,9-10,13-15H,4,7-8,11-12H2,1-2H3,(H,23,29)(H,27,28). The van der Waals surface area contributed by atoms with Crippen LogP contribution in [0.3, 0.4) is 0 Å². The molecular formula is C22H26N4O3. The molecule has 152 valence electrons. The Bertz CT molecular complexity index is 996. The van der Waals surface area contributed by atoms with E-state index in [-0.39, 0.29) is 18.4 Å². The van der Waals surface area contributed by atoms with Crippen LogP contribution in [-0.2, 0) is 4.79 Å². The number of unbranched alkanes of at least 4 members (excludes halogenated alkanes) is 2. The van der Waals surface area contributed by atoms with E-state index in [9.17, 15) is 9.59 Å². The smallest absolute Gasteiger partial charge is 0.303 e. The van der Waals surface area contributed by atoms with Gasteiger partial charge in [-0.05, 0) is 32.8 Å². The molecule has 1 aromatic carbocycles. The molecule has 2 N–H and O–H groups in total. The van der Waals surface area contributed by atoms with Crippen LogP contribution in [0.1, 0.15) is 55.9 Å². The van der Waals surface area contributed by atoms with Crippen LogP contribution >= 0.6 is 0 Å². The van der Waals surface area contributed by atoms with E-state index in [2.05, 4.69) is 10.4 Å². The first kappa shape index (κ1) is 20.5. The van der Waals surface area contributed by atoms with Crippen LogP contribution in [0.2, 0.25) is 0 Å². The number of nitrogens with zero attached hydrogens (tertiary/aromatic N) is 3. The molecule has 0 atom stereocenters. The number of aliphatic carboxylic acids is 1. The highest BCUT2D eigenvalue weighted by Crippen LogP contribution is 2.26. The zero-order chi connectivity index (χ0) is 20.8. The molecule has 0 unspecified atom stereocenters. The summed E-state index contributed by atoms with van der Waals surface area (Å²) in [6.07, 6.45) is 3.97. The molecule has 3 rings (SSSR count). The molecule has 7 heteroatoms. The highest BCUT2D eigenvalue weighted by Gasteiger charge is 2.18. The van der Waals surface area contributed by atoms with Crippen LogP contribution in [0.5, 0.6) is 0 Å². The van der Waals surface area contributed by atoms with Crippen molar-refractivity contribution in [1.29, 1.82) is 0 Å². The molecule has 0 spiro atoms. The molecule has 0 fully saturated rings. The minimum Gasteiger partial charge on any atom is -0.481 e. The van der Waals surface area contributed by atoms with Crippen molar-refractivity contribution < 1.29 is 14.7 Å². The summed E-state index contributed by atoms with van der Waals surface area (Å²) in [5.74, 6) is -0.958. The molecular weight excluding hydrogens is 368 g/mol. The van der Waals surface area contributed by atoms with Crippen LogP contribution in [0, 0.1) is 0 Å². The van der Waals surface area contributed by atoms with Gasteiger partial charge in [-0.3, -0.25) is 9.59 Å². The minimum atomic E-state index is -0.788. The Morgan fingerprint density at radius 1 is 1.14 bits per heavy atom. The normalized spacial score (nSPS) is 11.1. The van der Waals surface area contributed by atoms with E-state index >= 15 is 0 Å². The van der Waals surface area contributed by atoms with Gasteiger partial charge in [-0.15, -0.1) is 0 Å². The number of carboxylic acid groups (broad SMARTS) is 1. The van der Waals surface area contributed by atoms with Gasteiger partial charge in [0, 0.05) is 24.6 Å². The van der Waals surface area contributed by atoms with E-state index in [0.29, 0.717) is 24.2 Å². The third-order valence-corrected chi connectivity index (χ3v) is 4.72. The molecule has 0 aliphatic heterocycles. The number of carbonyl (C=O) groups excluding carboxylic acids is 1. The zero-order valence-electron chi connectivity index (χ0n) is 16.8. The first-order valence-electron chi connectivity index (χ1n) is 9.91. The van der Waals surface area contributed by atoms with E-state index in [1.165, 1.54) is 0 Å². The highest BCUT2D eigenvalue weighted by atomic mass is 16.4. The molecule has 7 nitrogen and oxygen atoms in total. The maximum absolute atomic E-state index is 12.9. The number of hydrogen-bond acceptors (Lipinski definition) is 4. The third-order valence-electron chi connectivity index (χ3n) is 4.72. The van der Waals surface area contributed by atoms with Crippen LogP contribution in [0.4, 0.5) is 0 Å². The quantitative estimate of drug-likeness (QED) is 0.534. The van der Waals surface area contributed by atoms with Crippen molar-refractivity contribution in [2.75, 3.05) is 6.54 Å². The summed E-state index contributed by atoms with van der Waals surface area (Å²) in [6.45, 7) is 4.56. The van der Waals surface area contributed by atoms with Gasteiger partial charge in [0.15, 0.2) is 5.65 Å². The number of rotatable bonds is 9. The first-order valence-corrected chi connectivity index (χ1v) is 9.91. The van der Waals surface area contributed by atoms with E-state index in [1.54, 1.807) is 6.20 Å². The monoisotopic (exact) mass is 394 g/mol. The Morgan fingerprint density at radius 2 is 1.90 bits per heavy atom. The van der Waals surface area contributed by atoms with Gasteiger partial charge < -0.3 is 10.4 Å². The van der Waals surface area contributed by atoms with Crippen molar-refractivity contribution in [3.05, 3.63) is 48.2 Å². The van der Waals surface area contributed by atoms with Gasteiger partial charge in [-0.25, -0.2) is 9.67 Å². The van der Waals surface area contributed by atoms with Crippen molar-refractivity contribution in [3.63, 3.8) is 0 Å². The Kier molecular flexibility index (Phi) is 6.59. The van der Waals surface area contributed by atoms with Gasteiger partial charge >= 0.3 is 5.97 Å². The van der Waals surface area contributed by atoms with E-state index in [0.717, 1.165) is 29.5 Å². The van der Waals surface area contributed by atoms with Gasteiger partial charge in [-0.2, -0.15) is 5.10 Å². The minimum absolute atomic E-state index is 0.121. The molecule has 29 heavy (non-hydrogen) atoms. The number of carboxylic acids is 1. The van der Waals surface area contributed by atoms with Crippen molar-refractivity contribution in [2.45, 2.75) is 45.6 Å². The van der Waals surface area contributed by atoms with E-state index < -0.39 is 5.97 Å². The first-order chi connectivity index (χ1) is 14.0. The van der Waals surface area contributed by atoms with Gasteiger partial charge in [0.05, 0.1) is 22.8 Å². The van der Waals surface area contributed by atoms with Crippen LogP contribution < -0.4 is 5.32 Å². The average Bonchev–Trinajstić information content (AvgIpc) is 3.14. The molecule has 0 saturated heterocycles. The molecule has 0 radical (unpaired) electrons. The summed E-state index contributed by atoms with van der Waals surface area (Å²) >= 11 is 0. The fourth-order valence-electron chi connectivity index (χ4n) is 3.22. The molecule has 0 aliphatic carbocycles. The number of hydrogen-bond donors (Lipinski definition) is 2. The average molecular weight is 394 g/mol. The van der Waals surface area contributed by atoms with Gasteiger partial charge in [-0.1, -0.05) is 36.8 Å². The maximum Gasteiger partial charge on any atom is 0.303 e. The van der Waals surface area contributed by atoms with Crippen LogP contribution in [0.15, 0.2) is 42.6 Å². The second-order valence-electron chi connectivity index (χ2n) is 7.30. The third kappa shape index (κ3) is 4.99. The summed E-state index contributed by atoms with van der Waals surface area (Å²) in [5, 5.41) is 16.8. The van der Waals surface area contributed by atoms with Gasteiger partial charge in [0.25, 0.3) is 5.91 Å². The van der Waals surface area contributed by atoms with Crippen molar-refractivity contribution in [1.82, 2.24) is 20.1 Å². The molecule has 3 aromatic rings. The summed E-state index contributed by atoms with van der Waals surface area (Å²) in [4.78, 5) is 28.2. The topological polar surface area (TPSA) is 97.1 Å². The van der Waals surface area contributed by atoms with Crippen molar-refractivity contribution in [3.8, 4) is 11.3 Å². The van der Waals surface area contributed by atoms with Crippen molar-refractivity contribution >= 4 is 22.9 Å². The number of nitrogens with one attached hydrogen (secondary N) is 1. The molecule has 2 heterocycles. The summed E-state index contributed by atoms with van der Waals surface area (Å²) in [6, 6.07) is 11.7. The lowest BCUT2D eigenvalue weighted by atomic mass is 10.1. The van der Waals surface area contributed by atoms with E-state index in [4.69, 9.17) is 10.1 Å². The van der Waals surface area contributed by atoms with Crippen LogP contribution in [-0.4, -0.2) is 38.3 Å². The number of aromatic nitrogens is 3. The van der Waals surface area contributed by atoms with Gasteiger partial charge in [0.2, 0.25) is 0 Å². The Labute approximate surface area is 169 Å². The number of pyridine rings is 1. The predicted molar refractivity (Wildman–Crippen MR) is 112 cm³/mol. The fraction of sp³-hybridized carbons (Fsp3) is 0.364. The number of carbonyl (C=O) groups is 2. The van der Waals surface area contributed by atoms with Crippen molar-refractivity contribution in [2.24, 2.45) is 0 Å². The van der Waals surface area contributed by atoms with Crippen LogP contribution in [0.25, 0.3) is 22.3 Å². The summed E-state index contributed by atoms with van der Waals surface area (Å²) in [5.41, 5.74) is 2.90. The molecule has 1 amide bonds. The lowest BCUT2D eigenvalue weighted by Gasteiger charge is -2.11. The molecule has 0 saturated carbocycles. The molecule has 0 bridgehead atoms. The number of amides is 1.